The van der Waals surface area contributed by atoms with Crippen molar-refractivity contribution in [2.24, 2.45) is 0 Å². The number of ether oxygens (including phenoxy) is 1. The van der Waals surface area contributed by atoms with Gasteiger partial charge in [-0.15, -0.1) is 0 Å². The summed E-state index contributed by atoms with van der Waals surface area (Å²) >= 11 is 3.49. The fraction of sp³-hybridized carbons (Fsp3) is 0.600. The molecule has 1 heterocycles. The summed E-state index contributed by atoms with van der Waals surface area (Å²) < 4.78 is 6.79. The number of nitrogens with zero attached hydrogens (tertiary/aromatic N) is 1. The fourth-order valence-electron chi connectivity index (χ4n) is 2.49. The lowest BCUT2D eigenvalue weighted by Gasteiger charge is -2.31. The zero-order chi connectivity index (χ0) is 13.5. The van der Waals surface area contributed by atoms with Crippen LogP contribution in [0.25, 0.3) is 0 Å². The Bertz CT molecular complexity index is 378. The molecule has 1 aromatic carbocycles. The standard InChI is InChI=1S/C15H23BrN2O/c1-2-19-15-6-9-18(10-7-15)11-8-17-14-5-3-4-13(16)12-14/h3-5,12,15,17H,2,6-11H2,1H3. The molecule has 1 aliphatic rings. The van der Waals surface area contributed by atoms with E-state index in [1.807, 2.05) is 6.07 Å². The Morgan fingerprint density at radius 1 is 1.37 bits per heavy atom. The molecule has 1 aliphatic heterocycles. The van der Waals surface area contributed by atoms with Gasteiger partial charge in [-0.2, -0.15) is 0 Å². The molecule has 0 spiro atoms. The third-order valence-electron chi connectivity index (χ3n) is 3.52. The van der Waals surface area contributed by atoms with Gasteiger partial charge < -0.3 is 15.0 Å². The Morgan fingerprint density at radius 3 is 2.84 bits per heavy atom. The molecule has 1 fully saturated rings. The van der Waals surface area contributed by atoms with E-state index in [2.05, 4.69) is 51.3 Å². The number of hydrogen-bond acceptors (Lipinski definition) is 3. The molecule has 2 rings (SSSR count). The van der Waals surface area contributed by atoms with Gasteiger partial charge >= 0.3 is 0 Å². The first-order valence-corrected chi connectivity index (χ1v) is 7.90. The van der Waals surface area contributed by atoms with E-state index in [9.17, 15) is 0 Å². The number of benzene rings is 1. The highest BCUT2D eigenvalue weighted by molar-refractivity contribution is 9.10. The Hall–Kier alpha value is -0.580. The van der Waals surface area contributed by atoms with Crippen molar-refractivity contribution in [1.82, 2.24) is 4.90 Å². The molecule has 1 aromatic rings. The second kappa shape index (κ2) is 7.88. The number of rotatable bonds is 6. The van der Waals surface area contributed by atoms with Gasteiger partial charge in [-0.25, -0.2) is 0 Å². The number of nitrogens with one attached hydrogen (secondary N) is 1. The number of halogens is 1. The first-order chi connectivity index (χ1) is 9.28. The first kappa shape index (κ1) is 14.8. The second-order valence-corrected chi connectivity index (χ2v) is 5.85. The van der Waals surface area contributed by atoms with E-state index >= 15 is 0 Å². The summed E-state index contributed by atoms with van der Waals surface area (Å²) in [5.41, 5.74) is 1.18. The lowest BCUT2D eigenvalue weighted by Crippen LogP contribution is -2.39. The molecule has 0 radical (unpaired) electrons. The topological polar surface area (TPSA) is 24.5 Å². The van der Waals surface area contributed by atoms with Gasteiger partial charge in [0.25, 0.3) is 0 Å². The minimum absolute atomic E-state index is 0.485. The molecular formula is C15H23BrN2O. The SMILES string of the molecule is CCOC1CCN(CCNc2cccc(Br)c2)CC1. The molecule has 0 saturated carbocycles. The summed E-state index contributed by atoms with van der Waals surface area (Å²) in [4.78, 5) is 2.51. The van der Waals surface area contributed by atoms with Crippen LogP contribution in [-0.2, 0) is 4.74 Å². The molecule has 0 amide bonds. The van der Waals surface area contributed by atoms with E-state index in [-0.39, 0.29) is 0 Å². The zero-order valence-electron chi connectivity index (χ0n) is 11.6. The Balaban J connectivity index is 1.64. The van der Waals surface area contributed by atoms with E-state index in [4.69, 9.17) is 4.74 Å². The van der Waals surface area contributed by atoms with Crippen molar-refractivity contribution in [2.45, 2.75) is 25.9 Å². The third-order valence-corrected chi connectivity index (χ3v) is 4.01. The van der Waals surface area contributed by atoms with Crippen molar-refractivity contribution in [1.29, 1.82) is 0 Å². The normalized spacial score (nSPS) is 17.6. The van der Waals surface area contributed by atoms with Gasteiger partial charge in [0.2, 0.25) is 0 Å². The number of hydrogen-bond donors (Lipinski definition) is 1. The van der Waals surface area contributed by atoms with Crippen LogP contribution in [0.3, 0.4) is 0 Å². The molecule has 106 valence electrons. The first-order valence-electron chi connectivity index (χ1n) is 7.11. The quantitative estimate of drug-likeness (QED) is 0.867. The molecule has 1 saturated heterocycles. The molecule has 19 heavy (non-hydrogen) atoms. The van der Waals surface area contributed by atoms with Gasteiger partial charge in [0.15, 0.2) is 0 Å². The molecule has 0 unspecified atom stereocenters. The zero-order valence-corrected chi connectivity index (χ0v) is 13.2. The smallest absolute Gasteiger partial charge is 0.0599 e. The van der Waals surface area contributed by atoms with Crippen LogP contribution in [0.15, 0.2) is 28.7 Å². The van der Waals surface area contributed by atoms with E-state index in [0.717, 1.165) is 37.3 Å². The maximum absolute atomic E-state index is 5.67. The van der Waals surface area contributed by atoms with Gasteiger partial charge in [0, 0.05) is 42.9 Å². The molecule has 0 aliphatic carbocycles. The average Bonchev–Trinajstić information content (AvgIpc) is 2.41. The summed E-state index contributed by atoms with van der Waals surface area (Å²) in [5.74, 6) is 0. The number of likely N-dealkylation sites (tertiary alicyclic amines) is 1. The lowest BCUT2D eigenvalue weighted by molar-refractivity contribution is 0.0152. The maximum Gasteiger partial charge on any atom is 0.0599 e. The number of anilines is 1. The van der Waals surface area contributed by atoms with Crippen molar-refractivity contribution in [3.05, 3.63) is 28.7 Å². The summed E-state index contributed by atoms with van der Waals surface area (Å²) in [6.45, 7) is 7.33. The monoisotopic (exact) mass is 326 g/mol. The average molecular weight is 327 g/mol. The maximum atomic E-state index is 5.67. The molecular weight excluding hydrogens is 304 g/mol. The molecule has 0 bridgehead atoms. The van der Waals surface area contributed by atoms with Gasteiger partial charge in [-0.3, -0.25) is 0 Å². The van der Waals surface area contributed by atoms with Crippen LogP contribution < -0.4 is 5.32 Å². The van der Waals surface area contributed by atoms with E-state index < -0.39 is 0 Å². The van der Waals surface area contributed by atoms with Crippen molar-refractivity contribution < 1.29 is 4.74 Å². The minimum atomic E-state index is 0.485. The Morgan fingerprint density at radius 2 is 2.16 bits per heavy atom. The predicted molar refractivity (Wildman–Crippen MR) is 83.7 cm³/mol. The van der Waals surface area contributed by atoms with Crippen molar-refractivity contribution in [3.63, 3.8) is 0 Å². The molecule has 3 nitrogen and oxygen atoms in total. The molecule has 1 N–H and O–H groups in total. The summed E-state index contributed by atoms with van der Waals surface area (Å²) in [7, 11) is 0. The Labute approximate surface area is 124 Å². The molecule has 0 atom stereocenters. The van der Waals surface area contributed by atoms with Crippen LogP contribution in [0, 0.1) is 0 Å². The lowest BCUT2D eigenvalue weighted by atomic mass is 10.1. The van der Waals surface area contributed by atoms with E-state index in [0.29, 0.717) is 6.10 Å². The van der Waals surface area contributed by atoms with Gasteiger partial charge in [-0.1, -0.05) is 22.0 Å². The number of piperidine rings is 1. The van der Waals surface area contributed by atoms with Crippen LogP contribution in [-0.4, -0.2) is 43.8 Å². The largest absolute Gasteiger partial charge is 0.384 e. The second-order valence-electron chi connectivity index (χ2n) is 4.93. The highest BCUT2D eigenvalue weighted by Crippen LogP contribution is 2.16. The van der Waals surface area contributed by atoms with Gasteiger partial charge in [0.1, 0.15) is 0 Å². The van der Waals surface area contributed by atoms with Crippen LogP contribution in [0.5, 0.6) is 0 Å². The van der Waals surface area contributed by atoms with Crippen molar-refractivity contribution >= 4 is 21.6 Å². The van der Waals surface area contributed by atoms with Gasteiger partial charge in [-0.05, 0) is 38.0 Å². The van der Waals surface area contributed by atoms with E-state index in [1.54, 1.807) is 0 Å². The summed E-state index contributed by atoms with van der Waals surface area (Å²) in [5, 5.41) is 3.47. The highest BCUT2D eigenvalue weighted by Gasteiger charge is 2.18. The van der Waals surface area contributed by atoms with Crippen LogP contribution in [0.4, 0.5) is 5.69 Å². The predicted octanol–water partition coefficient (Wildman–Crippen LogP) is 3.36. The Kier molecular flexibility index (Phi) is 6.14. The highest BCUT2D eigenvalue weighted by atomic mass is 79.9. The van der Waals surface area contributed by atoms with Crippen molar-refractivity contribution in [3.8, 4) is 0 Å². The molecule has 0 aromatic heterocycles. The third kappa shape index (κ3) is 5.13. The van der Waals surface area contributed by atoms with Crippen LogP contribution in [0.2, 0.25) is 0 Å². The van der Waals surface area contributed by atoms with Crippen LogP contribution in [0.1, 0.15) is 19.8 Å². The summed E-state index contributed by atoms with van der Waals surface area (Å²) in [6.07, 6.45) is 2.83. The molecule has 4 heteroatoms. The van der Waals surface area contributed by atoms with Gasteiger partial charge in [0.05, 0.1) is 6.10 Å². The van der Waals surface area contributed by atoms with E-state index in [1.165, 1.54) is 18.5 Å². The summed E-state index contributed by atoms with van der Waals surface area (Å²) in [6, 6.07) is 8.32. The fourth-order valence-corrected chi connectivity index (χ4v) is 2.89. The van der Waals surface area contributed by atoms with Crippen molar-refractivity contribution in [2.75, 3.05) is 38.1 Å². The minimum Gasteiger partial charge on any atom is -0.384 e. The van der Waals surface area contributed by atoms with Crippen LogP contribution >= 0.6 is 15.9 Å².